The molecule has 1 heterocycles. The molecule has 0 N–H and O–H groups in total. The maximum Gasteiger partial charge on any atom is 0.161 e. The van der Waals surface area contributed by atoms with Gasteiger partial charge in [-0.3, -0.25) is 4.90 Å². The van der Waals surface area contributed by atoms with Crippen molar-refractivity contribution in [2.75, 3.05) is 20.8 Å². The van der Waals surface area contributed by atoms with Crippen LogP contribution in [-0.2, 0) is 13.1 Å². The fourth-order valence-electron chi connectivity index (χ4n) is 2.24. The topological polar surface area (TPSA) is 47.7 Å². The van der Waals surface area contributed by atoms with Gasteiger partial charge in [0.15, 0.2) is 11.5 Å². The molecule has 1 aromatic heterocycles. The molecule has 0 aliphatic heterocycles. The summed E-state index contributed by atoms with van der Waals surface area (Å²) in [5.41, 5.74) is 2.13. The van der Waals surface area contributed by atoms with Crippen molar-refractivity contribution in [2.24, 2.45) is 0 Å². The Morgan fingerprint density at radius 1 is 1.10 bits per heavy atom. The molecule has 21 heavy (non-hydrogen) atoms. The van der Waals surface area contributed by atoms with E-state index >= 15 is 0 Å². The Balaban J connectivity index is 2.07. The zero-order valence-corrected chi connectivity index (χ0v) is 13.0. The molecule has 0 bridgehead atoms. The van der Waals surface area contributed by atoms with Crippen LogP contribution in [0.3, 0.4) is 0 Å². The number of hydrogen-bond acceptors (Lipinski definition) is 5. The van der Waals surface area contributed by atoms with E-state index in [1.165, 1.54) is 5.56 Å². The molecule has 0 saturated heterocycles. The van der Waals surface area contributed by atoms with Crippen molar-refractivity contribution in [3.05, 3.63) is 41.3 Å². The predicted molar refractivity (Wildman–Crippen MR) is 80.6 cm³/mol. The second-order valence-corrected chi connectivity index (χ2v) is 4.92. The van der Waals surface area contributed by atoms with Gasteiger partial charge in [-0.2, -0.15) is 0 Å². The summed E-state index contributed by atoms with van der Waals surface area (Å²) in [7, 11) is 3.29. The van der Waals surface area contributed by atoms with Crippen molar-refractivity contribution < 1.29 is 14.0 Å². The molecule has 2 rings (SSSR count). The van der Waals surface area contributed by atoms with Crippen molar-refractivity contribution in [1.29, 1.82) is 0 Å². The van der Waals surface area contributed by atoms with E-state index in [9.17, 15) is 0 Å². The number of ether oxygens (including phenoxy) is 2. The molecular weight excluding hydrogens is 268 g/mol. The highest BCUT2D eigenvalue weighted by molar-refractivity contribution is 5.42. The lowest BCUT2D eigenvalue weighted by atomic mass is 10.2. The van der Waals surface area contributed by atoms with Crippen molar-refractivity contribution in [3.8, 4) is 11.5 Å². The average molecular weight is 290 g/mol. The van der Waals surface area contributed by atoms with E-state index < -0.39 is 0 Å². The molecule has 0 saturated carbocycles. The van der Waals surface area contributed by atoms with Gasteiger partial charge in [-0.05, 0) is 31.2 Å². The van der Waals surface area contributed by atoms with Crippen molar-refractivity contribution in [2.45, 2.75) is 26.9 Å². The van der Waals surface area contributed by atoms with Gasteiger partial charge in [-0.1, -0.05) is 18.1 Å². The van der Waals surface area contributed by atoms with Crippen LogP contribution >= 0.6 is 0 Å². The molecule has 0 atom stereocenters. The number of aryl methyl sites for hydroxylation is 1. The van der Waals surface area contributed by atoms with Crippen molar-refractivity contribution >= 4 is 0 Å². The number of rotatable bonds is 7. The SMILES string of the molecule is CCN(Cc1ccc(OC)c(OC)c1)Cc1cc(C)on1. The van der Waals surface area contributed by atoms with Gasteiger partial charge in [0.1, 0.15) is 5.76 Å². The maximum absolute atomic E-state index is 5.34. The first-order valence-corrected chi connectivity index (χ1v) is 7.01. The minimum atomic E-state index is 0.747. The average Bonchev–Trinajstić information content (AvgIpc) is 2.91. The molecule has 5 heteroatoms. The Kier molecular flexibility index (Phi) is 5.22. The van der Waals surface area contributed by atoms with Crippen LogP contribution in [0.1, 0.15) is 23.9 Å². The summed E-state index contributed by atoms with van der Waals surface area (Å²) in [6.07, 6.45) is 0. The predicted octanol–water partition coefficient (Wildman–Crippen LogP) is 3.02. The molecule has 0 radical (unpaired) electrons. The van der Waals surface area contributed by atoms with Gasteiger partial charge < -0.3 is 14.0 Å². The standard InChI is InChI=1S/C16H22N2O3/c1-5-18(11-14-8-12(2)21-17-14)10-13-6-7-15(19-3)16(9-13)20-4/h6-9H,5,10-11H2,1-4H3. The molecule has 5 nitrogen and oxygen atoms in total. The van der Waals surface area contributed by atoms with E-state index in [1.54, 1.807) is 14.2 Å². The second kappa shape index (κ2) is 7.13. The molecule has 1 aromatic carbocycles. The summed E-state index contributed by atoms with van der Waals surface area (Å²) >= 11 is 0. The first-order chi connectivity index (χ1) is 10.2. The Bertz CT molecular complexity index is 581. The zero-order chi connectivity index (χ0) is 15.2. The molecule has 114 valence electrons. The molecule has 0 spiro atoms. The number of hydrogen-bond donors (Lipinski definition) is 0. The van der Waals surface area contributed by atoms with E-state index in [0.717, 1.165) is 42.6 Å². The molecule has 0 fully saturated rings. The van der Waals surface area contributed by atoms with Crippen LogP contribution in [0.2, 0.25) is 0 Å². The molecule has 0 aliphatic carbocycles. The van der Waals surface area contributed by atoms with Crippen LogP contribution in [0, 0.1) is 6.92 Å². The van der Waals surface area contributed by atoms with Gasteiger partial charge in [0.25, 0.3) is 0 Å². The lowest BCUT2D eigenvalue weighted by molar-refractivity contribution is 0.260. The normalized spacial score (nSPS) is 10.9. The fraction of sp³-hybridized carbons (Fsp3) is 0.438. The fourth-order valence-corrected chi connectivity index (χ4v) is 2.24. The van der Waals surface area contributed by atoms with Crippen LogP contribution < -0.4 is 9.47 Å². The van der Waals surface area contributed by atoms with E-state index in [0.29, 0.717) is 0 Å². The largest absolute Gasteiger partial charge is 0.493 e. The highest BCUT2D eigenvalue weighted by Gasteiger charge is 2.10. The highest BCUT2D eigenvalue weighted by Crippen LogP contribution is 2.28. The van der Waals surface area contributed by atoms with E-state index in [2.05, 4.69) is 23.0 Å². The van der Waals surface area contributed by atoms with Gasteiger partial charge in [0.2, 0.25) is 0 Å². The Hall–Kier alpha value is -2.01. The summed E-state index contributed by atoms with van der Waals surface area (Å²) in [5.74, 6) is 2.34. The van der Waals surface area contributed by atoms with Crippen molar-refractivity contribution in [3.63, 3.8) is 0 Å². The summed E-state index contributed by atoms with van der Waals surface area (Å²) in [4.78, 5) is 2.29. The van der Waals surface area contributed by atoms with E-state index in [1.807, 2.05) is 25.1 Å². The molecule has 0 aliphatic rings. The van der Waals surface area contributed by atoms with Crippen LogP contribution in [0.25, 0.3) is 0 Å². The van der Waals surface area contributed by atoms with Crippen molar-refractivity contribution in [1.82, 2.24) is 10.1 Å². The number of nitrogens with zero attached hydrogens (tertiary/aromatic N) is 2. The Morgan fingerprint density at radius 2 is 1.86 bits per heavy atom. The summed E-state index contributed by atoms with van der Waals surface area (Å²) in [6, 6.07) is 7.97. The van der Waals surface area contributed by atoms with Crippen LogP contribution in [0.4, 0.5) is 0 Å². The van der Waals surface area contributed by atoms with E-state index in [4.69, 9.17) is 14.0 Å². The van der Waals surface area contributed by atoms with Gasteiger partial charge in [-0.15, -0.1) is 0 Å². The van der Waals surface area contributed by atoms with Crippen LogP contribution in [0.5, 0.6) is 11.5 Å². The number of benzene rings is 1. The Morgan fingerprint density at radius 3 is 2.43 bits per heavy atom. The maximum atomic E-state index is 5.34. The molecule has 2 aromatic rings. The van der Waals surface area contributed by atoms with Gasteiger partial charge in [-0.25, -0.2) is 0 Å². The van der Waals surface area contributed by atoms with Gasteiger partial charge >= 0.3 is 0 Å². The first kappa shape index (κ1) is 15.4. The van der Waals surface area contributed by atoms with Crippen LogP contribution in [-0.4, -0.2) is 30.8 Å². The molecule has 0 amide bonds. The number of methoxy groups -OCH3 is 2. The summed E-state index contributed by atoms with van der Waals surface area (Å²) < 4.78 is 15.7. The highest BCUT2D eigenvalue weighted by atomic mass is 16.5. The Labute approximate surface area is 125 Å². The van der Waals surface area contributed by atoms with Gasteiger partial charge in [0, 0.05) is 19.2 Å². The van der Waals surface area contributed by atoms with Crippen LogP contribution in [0.15, 0.2) is 28.8 Å². The summed E-state index contributed by atoms with van der Waals surface area (Å²) in [6.45, 7) is 6.56. The van der Waals surface area contributed by atoms with E-state index in [-0.39, 0.29) is 0 Å². The van der Waals surface area contributed by atoms with Gasteiger partial charge in [0.05, 0.1) is 19.9 Å². The molecular formula is C16H22N2O3. The number of aromatic nitrogens is 1. The third-order valence-electron chi connectivity index (χ3n) is 3.36. The minimum absolute atomic E-state index is 0.747. The second-order valence-electron chi connectivity index (χ2n) is 4.92. The summed E-state index contributed by atoms with van der Waals surface area (Å²) in [5, 5.41) is 4.04. The zero-order valence-electron chi connectivity index (χ0n) is 13.0. The monoisotopic (exact) mass is 290 g/mol. The lowest BCUT2D eigenvalue weighted by Crippen LogP contribution is -2.22. The molecule has 0 unspecified atom stereocenters. The third kappa shape index (κ3) is 3.98. The smallest absolute Gasteiger partial charge is 0.161 e. The lowest BCUT2D eigenvalue weighted by Gasteiger charge is -2.19. The quantitative estimate of drug-likeness (QED) is 0.784. The third-order valence-corrected chi connectivity index (χ3v) is 3.36. The minimum Gasteiger partial charge on any atom is -0.493 e. The first-order valence-electron chi connectivity index (χ1n) is 7.01.